The van der Waals surface area contributed by atoms with Crippen LogP contribution in [0.1, 0.15) is 38.1 Å². The largest absolute Gasteiger partial charge is 0.326 e. The molecule has 120 valence electrons. The van der Waals surface area contributed by atoms with Crippen LogP contribution in [-0.4, -0.2) is 64.9 Å². The molecule has 0 aromatic carbocycles. The fourth-order valence-electron chi connectivity index (χ4n) is 3.95. The molecule has 1 aliphatic carbocycles. The van der Waals surface area contributed by atoms with Crippen molar-refractivity contribution in [1.82, 2.24) is 19.6 Å². The third kappa shape index (κ3) is 2.39. The van der Waals surface area contributed by atoms with Crippen LogP contribution in [0.5, 0.6) is 0 Å². The van der Waals surface area contributed by atoms with Gasteiger partial charge in [-0.05, 0) is 12.8 Å². The highest BCUT2D eigenvalue weighted by molar-refractivity contribution is 5.93. The van der Waals surface area contributed by atoms with Crippen molar-refractivity contribution in [3.8, 4) is 0 Å². The van der Waals surface area contributed by atoms with Gasteiger partial charge in [-0.2, -0.15) is 5.10 Å². The number of carbonyl (C=O) groups is 1. The van der Waals surface area contributed by atoms with E-state index in [4.69, 9.17) is 0 Å². The van der Waals surface area contributed by atoms with Gasteiger partial charge in [0.25, 0.3) is 0 Å². The topological polar surface area (TPSA) is 44.6 Å². The van der Waals surface area contributed by atoms with Crippen molar-refractivity contribution in [2.45, 2.75) is 44.2 Å². The van der Waals surface area contributed by atoms with E-state index in [1.807, 2.05) is 24.3 Å². The summed E-state index contributed by atoms with van der Waals surface area (Å²) in [5, 5.41) is 4.50. The van der Waals surface area contributed by atoms with Gasteiger partial charge >= 0.3 is 6.03 Å². The number of aromatic nitrogens is 2. The molecule has 0 spiro atoms. The number of urea groups is 1. The van der Waals surface area contributed by atoms with Gasteiger partial charge in [-0.15, -0.1) is 0 Å². The highest BCUT2D eigenvalue weighted by atomic mass is 16.2. The second kappa shape index (κ2) is 5.57. The molecular weight excluding hydrogens is 278 g/mol. The molecule has 3 fully saturated rings. The van der Waals surface area contributed by atoms with Gasteiger partial charge in [-0.25, -0.2) is 4.79 Å². The summed E-state index contributed by atoms with van der Waals surface area (Å²) in [7, 11) is 1.85. The monoisotopic (exact) mass is 303 g/mol. The van der Waals surface area contributed by atoms with Gasteiger partial charge in [0.2, 0.25) is 0 Å². The molecule has 0 radical (unpaired) electrons. The number of likely N-dealkylation sites (N-methyl/N-ethyl adjacent to an activating group) is 1. The van der Waals surface area contributed by atoms with Crippen molar-refractivity contribution in [1.29, 1.82) is 0 Å². The van der Waals surface area contributed by atoms with E-state index in [0.29, 0.717) is 6.04 Å². The Kier molecular flexibility index (Phi) is 3.56. The standard InChI is InChI=1S/C16H25N5O/c1-18-7-8-20(16(18)22)14-9-17-21(12-14)15-10-19(11-15)13-5-3-2-4-6-13/h9,12-13,15H,2-8,10-11H2,1H3. The van der Waals surface area contributed by atoms with Crippen LogP contribution >= 0.6 is 0 Å². The Morgan fingerprint density at radius 3 is 2.55 bits per heavy atom. The molecule has 3 heterocycles. The van der Waals surface area contributed by atoms with Gasteiger partial charge in [0, 0.05) is 45.5 Å². The molecule has 2 saturated heterocycles. The van der Waals surface area contributed by atoms with Crippen molar-refractivity contribution in [2.24, 2.45) is 0 Å². The van der Waals surface area contributed by atoms with Gasteiger partial charge < -0.3 is 4.90 Å². The maximum Gasteiger partial charge on any atom is 0.324 e. The molecule has 4 rings (SSSR count). The van der Waals surface area contributed by atoms with Crippen LogP contribution in [0.15, 0.2) is 12.4 Å². The number of carbonyl (C=O) groups excluding carboxylic acids is 1. The molecule has 0 unspecified atom stereocenters. The molecule has 0 N–H and O–H groups in total. The summed E-state index contributed by atoms with van der Waals surface area (Å²) in [6.45, 7) is 3.78. The van der Waals surface area contributed by atoms with E-state index in [9.17, 15) is 4.79 Å². The summed E-state index contributed by atoms with van der Waals surface area (Å²) >= 11 is 0. The SMILES string of the molecule is CN1CCN(c2cnn(C3CN(C4CCCCC4)C3)c2)C1=O. The highest BCUT2D eigenvalue weighted by Crippen LogP contribution is 2.31. The Morgan fingerprint density at radius 1 is 1.09 bits per heavy atom. The lowest BCUT2D eigenvalue weighted by Gasteiger charge is -2.45. The summed E-state index contributed by atoms with van der Waals surface area (Å²) in [4.78, 5) is 18.2. The van der Waals surface area contributed by atoms with E-state index in [1.54, 1.807) is 4.90 Å². The smallest absolute Gasteiger partial charge is 0.324 e. The maximum absolute atomic E-state index is 12.0. The molecule has 6 nitrogen and oxygen atoms in total. The third-order valence-corrected chi connectivity index (χ3v) is 5.47. The van der Waals surface area contributed by atoms with Crippen molar-refractivity contribution in [2.75, 3.05) is 38.1 Å². The second-order valence-electron chi connectivity index (χ2n) is 6.93. The molecule has 1 aromatic rings. The molecular formula is C16H25N5O. The zero-order chi connectivity index (χ0) is 15.1. The van der Waals surface area contributed by atoms with Crippen LogP contribution in [0.25, 0.3) is 0 Å². The van der Waals surface area contributed by atoms with Gasteiger partial charge in [-0.3, -0.25) is 14.5 Å². The van der Waals surface area contributed by atoms with E-state index in [1.165, 1.54) is 32.1 Å². The number of rotatable bonds is 3. The van der Waals surface area contributed by atoms with E-state index in [0.717, 1.165) is 37.9 Å². The number of amides is 2. The Bertz CT molecular complexity index is 544. The number of anilines is 1. The lowest BCUT2D eigenvalue weighted by molar-refractivity contribution is 0.0360. The zero-order valence-electron chi connectivity index (χ0n) is 13.3. The van der Waals surface area contributed by atoms with Crippen molar-refractivity contribution < 1.29 is 4.79 Å². The highest BCUT2D eigenvalue weighted by Gasteiger charge is 2.35. The predicted molar refractivity (Wildman–Crippen MR) is 85.1 cm³/mol. The van der Waals surface area contributed by atoms with Crippen LogP contribution in [0.2, 0.25) is 0 Å². The van der Waals surface area contributed by atoms with Gasteiger partial charge in [-0.1, -0.05) is 19.3 Å². The number of hydrogen-bond donors (Lipinski definition) is 0. The summed E-state index contributed by atoms with van der Waals surface area (Å²) in [5.41, 5.74) is 0.936. The van der Waals surface area contributed by atoms with Crippen molar-refractivity contribution in [3.63, 3.8) is 0 Å². The molecule has 0 atom stereocenters. The van der Waals surface area contributed by atoms with Crippen molar-refractivity contribution in [3.05, 3.63) is 12.4 Å². The van der Waals surface area contributed by atoms with Crippen LogP contribution < -0.4 is 4.90 Å². The van der Waals surface area contributed by atoms with Gasteiger partial charge in [0.15, 0.2) is 0 Å². The Hall–Kier alpha value is -1.56. The lowest BCUT2D eigenvalue weighted by atomic mass is 9.91. The number of hydrogen-bond acceptors (Lipinski definition) is 3. The molecule has 6 heteroatoms. The molecule has 0 bridgehead atoms. The van der Waals surface area contributed by atoms with E-state index >= 15 is 0 Å². The van der Waals surface area contributed by atoms with Crippen LogP contribution in [0.4, 0.5) is 10.5 Å². The summed E-state index contributed by atoms with van der Waals surface area (Å²) in [5.74, 6) is 0. The van der Waals surface area contributed by atoms with Gasteiger partial charge in [0.05, 0.1) is 17.9 Å². The maximum atomic E-state index is 12.0. The first-order chi connectivity index (χ1) is 10.7. The fourth-order valence-corrected chi connectivity index (χ4v) is 3.95. The third-order valence-electron chi connectivity index (χ3n) is 5.47. The first-order valence-electron chi connectivity index (χ1n) is 8.53. The molecule has 22 heavy (non-hydrogen) atoms. The minimum absolute atomic E-state index is 0.0805. The summed E-state index contributed by atoms with van der Waals surface area (Å²) in [6.07, 6.45) is 10.8. The van der Waals surface area contributed by atoms with Crippen molar-refractivity contribution >= 4 is 11.7 Å². The molecule has 1 aromatic heterocycles. The molecule has 3 aliphatic rings. The average molecular weight is 303 g/mol. The van der Waals surface area contributed by atoms with E-state index < -0.39 is 0 Å². The molecule has 2 aliphatic heterocycles. The second-order valence-corrected chi connectivity index (χ2v) is 6.93. The van der Waals surface area contributed by atoms with Crippen LogP contribution in [-0.2, 0) is 0 Å². The Balaban J connectivity index is 1.36. The summed E-state index contributed by atoms with van der Waals surface area (Å²) < 4.78 is 2.06. The number of nitrogens with zero attached hydrogens (tertiary/aromatic N) is 5. The zero-order valence-corrected chi connectivity index (χ0v) is 13.3. The van der Waals surface area contributed by atoms with E-state index in [2.05, 4.69) is 14.7 Å². The first kappa shape index (κ1) is 14.1. The lowest BCUT2D eigenvalue weighted by Crippen LogP contribution is -2.53. The minimum atomic E-state index is 0.0805. The minimum Gasteiger partial charge on any atom is -0.326 e. The number of likely N-dealkylation sites (tertiary alicyclic amines) is 1. The van der Waals surface area contributed by atoms with Gasteiger partial charge in [0.1, 0.15) is 0 Å². The quantitative estimate of drug-likeness (QED) is 0.857. The molecule has 2 amide bonds. The predicted octanol–water partition coefficient (Wildman–Crippen LogP) is 1.94. The molecule has 1 saturated carbocycles. The average Bonchev–Trinajstić information content (AvgIpc) is 3.07. The Morgan fingerprint density at radius 2 is 1.86 bits per heavy atom. The first-order valence-corrected chi connectivity index (χ1v) is 8.53. The van der Waals surface area contributed by atoms with E-state index in [-0.39, 0.29) is 6.03 Å². The van der Waals surface area contributed by atoms with Crippen LogP contribution in [0, 0.1) is 0 Å². The Labute approximate surface area is 131 Å². The fraction of sp³-hybridized carbons (Fsp3) is 0.750. The summed E-state index contributed by atoms with van der Waals surface area (Å²) in [6, 6.07) is 1.36. The van der Waals surface area contributed by atoms with Crippen LogP contribution in [0.3, 0.4) is 0 Å². The normalized spacial score (nSPS) is 25.0.